The average Bonchev–Trinajstić information content (AvgIpc) is 2.35. The fraction of sp³-hybridized carbons (Fsp3) is 0.647. The van der Waals surface area contributed by atoms with Crippen molar-refractivity contribution < 1.29 is 0 Å². The molecule has 2 nitrogen and oxygen atoms in total. The first kappa shape index (κ1) is 16.2. The van der Waals surface area contributed by atoms with Gasteiger partial charge in [-0.2, -0.15) is 0 Å². The zero-order valence-corrected chi connectivity index (χ0v) is 12.9. The van der Waals surface area contributed by atoms with Crippen LogP contribution in [0.15, 0.2) is 24.3 Å². The summed E-state index contributed by atoms with van der Waals surface area (Å²) in [5.74, 6) is 2.19. The van der Waals surface area contributed by atoms with Gasteiger partial charge in [0.2, 0.25) is 0 Å². The standard InChI is InChI=1S/C17H30N2/c1-13(2)17(14(3)4)12-19-11-16-8-6-5-7-15(16)9-10-18/h5-8,13-14,17,19H,9-12,18H2,1-4H3. The smallest absolute Gasteiger partial charge is 0.0208 e. The quantitative estimate of drug-likeness (QED) is 0.755. The number of hydrogen-bond donors (Lipinski definition) is 2. The molecule has 0 unspecified atom stereocenters. The number of nitrogens with one attached hydrogen (secondary N) is 1. The van der Waals surface area contributed by atoms with Crippen molar-refractivity contribution in [1.29, 1.82) is 0 Å². The Balaban J connectivity index is 2.52. The van der Waals surface area contributed by atoms with E-state index < -0.39 is 0 Å². The molecule has 0 saturated heterocycles. The van der Waals surface area contributed by atoms with E-state index in [9.17, 15) is 0 Å². The van der Waals surface area contributed by atoms with E-state index in [4.69, 9.17) is 5.73 Å². The largest absolute Gasteiger partial charge is 0.330 e. The molecule has 1 aromatic carbocycles. The summed E-state index contributed by atoms with van der Waals surface area (Å²) in [4.78, 5) is 0. The van der Waals surface area contributed by atoms with Crippen molar-refractivity contribution in [3.05, 3.63) is 35.4 Å². The van der Waals surface area contributed by atoms with E-state index in [1.54, 1.807) is 0 Å². The first-order chi connectivity index (χ1) is 9.06. The van der Waals surface area contributed by atoms with Crippen molar-refractivity contribution in [2.45, 2.75) is 40.7 Å². The van der Waals surface area contributed by atoms with Gasteiger partial charge >= 0.3 is 0 Å². The topological polar surface area (TPSA) is 38.0 Å². The Bertz CT molecular complexity index is 350. The fourth-order valence-electron chi connectivity index (χ4n) is 2.74. The summed E-state index contributed by atoms with van der Waals surface area (Å²) < 4.78 is 0. The molecule has 0 aromatic heterocycles. The Morgan fingerprint density at radius 1 is 1.00 bits per heavy atom. The van der Waals surface area contributed by atoms with Gasteiger partial charge in [-0.15, -0.1) is 0 Å². The Morgan fingerprint density at radius 2 is 1.58 bits per heavy atom. The summed E-state index contributed by atoms with van der Waals surface area (Å²) in [7, 11) is 0. The summed E-state index contributed by atoms with van der Waals surface area (Å²) in [6.45, 7) is 12.0. The second-order valence-corrected chi connectivity index (χ2v) is 6.09. The van der Waals surface area contributed by atoms with Crippen LogP contribution in [0.2, 0.25) is 0 Å². The minimum Gasteiger partial charge on any atom is -0.330 e. The van der Waals surface area contributed by atoms with Gasteiger partial charge in [-0.3, -0.25) is 0 Å². The van der Waals surface area contributed by atoms with E-state index in [2.05, 4.69) is 57.3 Å². The maximum Gasteiger partial charge on any atom is 0.0208 e. The van der Waals surface area contributed by atoms with Crippen LogP contribution in [-0.4, -0.2) is 13.1 Å². The Hall–Kier alpha value is -0.860. The zero-order valence-electron chi connectivity index (χ0n) is 12.9. The molecule has 0 aliphatic heterocycles. The van der Waals surface area contributed by atoms with Crippen molar-refractivity contribution in [3.8, 4) is 0 Å². The molecule has 0 heterocycles. The highest BCUT2D eigenvalue weighted by atomic mass is 14.9. The summed E-state index contributed by atoms with van der Waals surface area (Å²) in [5, 5.41) is 3.62. The Morgan fingerprint density at radius 3 is 2.11 bits per heavy atom. The first-order valence-corrected chi connectivity index (χ1v) is 7.53. The van der Waals surface area contributed by atoms with Crippen LogP contribution in [0.5, 0.6) is 0 Å². The summed E-state index contributed by atoms with van der Waals surface area (Å²) in [6.07, 6.45) is 0.968. The first-order valence-electron chi connectivity index (χ1n) is 7.53. The van der Waals surface area contributed by atoms with E-state index in [0.717, 1.165) is 43.8 Å². The van der Waals surface area contributed by atoms with E-state index in [-0.39, 0.29) is 0 Å². The van der Waals surface area contributed by atoms with Crippen LogP contribution < -0.4 is 11.1 Å². The van der Waals surface area contributed by atoms with Crippen LogP contribution in [0.3, 0.4) is 0 Å². The maximum atomic E-state index is 5.67. The Kier molecular flexibility index (Phi) is 7.11. The Labute approximate surface area is 118 Å². The molecular formula is C17H30N2. The van der Waals surface area contributed by atoms with Gasteiger partial charge in [0.1, 0.15) is 0 Å². The van der Waals surface area contributed by atoms with Gasteiger partial charge in [0.05, 0.1) is 0 Å². The van der Waals surface area contributed by atoms with Crippen LogP contribution in [0.25, 0.3) is 0 Å². The second-order valence-electron chi connectivity index (χ2n) is 6.09. The van der Waals surface area contributed by atoms with Crippen molar-refractivity contribution >= 4 is 0 Å². The number of benzene rings is 1. The SMILES string of the molecule is CC(C)C(CNCc1ccccc1CCN)C(C)C. The van der Waals surface area contributed by atoms with E-state index in [1.165, 1.54) is 11.1 Å². The molecule has 1 aromatic rings. The number of rotatable bonds is 8. The highest BCUT2D eigenvalue weighted by Crippen LogP contribution is 2.19. The molecule has 0 radical (unpaired) electrons. The second kappa shape index (κ2) is 8.34. The van der Waals surface area contributed by atoms with Gasteiger partial charge in [-0.1, -0.05) is 52.0 Å². The summed E-state index contributed by atoms with van der Waals surface area (Å²) in [5.41, 5.74) is 8.43. The van der Waals surface area contributed by atoms with Crippen LogP contribution >= 0.6 is 0 Å². The van der Waals surface area contributed by atoms with Gasteiger partial charge in [-0.05, 0) is 48.4 Å². The molecule has 3 N–H and O–H groups in total. The highest BCUT2D eigenvalue weighted by molar-refractivity contribution is 5.27. The third-order valence-corrected chi connectivity index (χ3v) is 3.94. The van der Waals surface area contributed by atoms with Crippen molar-refractivity contribution in [1.82, 2.24) is 5.32 Å². The van der Waals surface area contributed by atoms with Crippen LogP contribution in [0, 0.1) is 17.8 Å². The van der Waals surface area contributed by atoms with Crippen molar-refractivity contribution in [2.24, 2.45) is 23.5 Å². The lowest BCUT2D eigenvalue weighted by molar-refractivity contribution is 0.275. The molecule has 2 heteroatoms. The molecule has 0 spiro atoms. The van der Waals surface area contributed by atoms with E-state index in [1.807, 2.05) is 0 Å². The molecule has 108 valence electrons. The summed E-state index contributed by atoms with van der Waals surface area (Å²) >= 11 is 0. The van der Waals surface area contributed by atoms with Gasteiger partial charge < -0.3 is 11.1 Å². The van der Waals surface area contributed by atoms with E-state index in [0.29, 0.717) is 0 Å². The fourth-order valence-corrected chi connectivity index (χ4v) is 2.74. The normalized spacial score (nSPS) is 11.8. The maximum absolute atomic E-state index is 5.67. The minimum absolute atomic E-state index is 0.720. The van der Waals surface area contributed by atoms with Crippen molar-refractivity contribution in [3.63, 3.8) is 0 Å². The molecule has 0 bridgehead atoms. The molecule has 0 amide bonds. The van der Waals surface area contributed by atoms with Gasteiger partial charge in [0.25, 0.3) is 0 Å². The third kappa shape index (κ3) is 5.33. The lowest BCUT2D eigenvalue weighted by atomic mass is 9.85. The van der Waals surface area contributed by atoms with Gasteiger partial charge in [0.15, 0.2) is 0 Å². The minimum atomic E-state index is 0.720. The molecule has 0 saturated carbocycles. The zero-order chi connectivity index (χ0) is 14.3. The van der Waals surface area contributed by atoms with Crippen LogP contribution in [0.1, 0.15) is 38.8 Å². The molecule has 0 aliphatic carbocycles. The van der Waals surface area contributed by atoms with E-state index >= 15 is 0 Å². The molecule has 1 rings (SSSR count). The highest BCUT2D eigenvalue weighted by Gasteiger charge is 2.16. The number of nitrogens with two attached hydrogens (primary N) is 1. The lowest BCUT2D eigenvalue weighted by Crippen LogP contribution is -2.29. The van der Waals surface area contributed by atoms with Gasteiger partial charge in [-0.25, -0.2) is 0 Å². The van der Waals surface area contributed by atoms with Crippen LogP contribution in [-0.2, 0) is 13.0 Å². The predicted molar refractivity (Wildman–Crippen MR) is 84.1 cm³/mol. The molecule has 0 fully saturated rings. The molecule has 0 aliphatic rings. The average molecular weight is 262 g/mol. The third-order valence-electron chi connectivity index (χ3n) is 3.94. The molecular weight excluding hydrogens is 232 g/mol. The molecule has 19 heavy (non-hydrogen) atoms. The predicted octanol–water partition coefficient (Wildman–Crippen LogP) is 3.21. The monoisotopic (exact) mass is 262 g/mol. The molecule has 0 atom stereocenters. The summed E-state index contributed by atoms with van der Waals surface area (Å²) in [6, 6.07) is 8.60. The number of hydrogen-bond acceptors (Lipinski definition) is 2. The van der Waals surface area contributed by atoms with Crippen LogP contribution in [0.4, 0.5) is 0 Å². The van der Waals surface area contributed by atoms with Gasteiger partial charge in [0, 0.05) is 6.54 Å². The van der Waals surface area contributed by atoms with Crippen molar-refractivity contribution in [2.75, 3.05) is 13.1 Å². The lowest BCUT2D eigenvalue weighted by Gasteiger charge is -2.25.